The number of benzene rings is 2. The Hall–Kier alpha value is -3.13. The van der Waals surface area contributed by atoms with E-state index in [1.807, 2.05) is 29.2 Å². The molecule has 0 aromatic heterocycles. The molecule has 4 aliphatic heterocycles. The van der Waals surface area contributed by atoms with Gasteiger partial charge in [-0.05, 0) is 73.5 Å². The van der Waals surface area contributed by atoms with Crippen LogP contribution in [-0.2, 0) is 17.8 Å². The largest absolute Gasteiger partial charge is 0.493 e. The molecule has 1 saturated heterocycles. The van der Waals surface area contributed by atoms with Crippen LogP contribution in [0.15, 0.2) is 30.3 Å². The molecular formula is C27H32N2O6. The van der Waals surface area contributed by atoms with Crippen LogP contribution in [0.4, 0.5) is 0 Å². The molecule has 0 radical (unpaired) electrons. The first kappa shape index (κ1) is 22.3. The lowest BCUT2D eigenvalue weighted by molar-refractivity contribution is -0.133. The molecule has 2 aromatic carbocycles. The van der Waals surface area contributed by atoms with Gasteiger partial charge >= 0.3 is 0 Å². The minimum absolute atomic E-state index is 0.270. The lowest BCUT2D eigenvalue weighted by Gasteiger charge is -2.34. The number of carbonyl (C=O) groups excluding carboxylic acids is 1. The van der Waals surface area contributed by atoms with Crippen molar-refractivity contribution in [2.24, 2.45) is 5.92 Å². The molecule has 8 nitrogen and oxygen atoms in total. The average Bonchev–Trinajstić information content (AvgIpc) is 3.53. The zero-order valence-electron chi connectivity index (χ0n) is 20.0. The molecule has 1 fully saturated rings. The molecule has 4 aliphatic rings. The fraction of sp³-hybridized carbons (Fsp3) is 0.519. The van der Waals surface area contributed by atoms with Gasteiger partial charge in [0.05, 0.1) is 6.61 Å². The molecular weight excluding hydrogens is 448 g/mol. The summed E-state index contributed by atoms with van der Waals surface area (Å²) in [5, 5.41) is 0. The molecule has 0 aliphatic carbocycles. The highest BCUT2D eigenvalue weighted by atomic mass is 16.7. The number of carbonyl (C=O) groups is 1. The number of hydrogen-bond acceptors (Lipinski definition) is 7. The number of piperidine rings is 1. The fourth-order valence-electron chi connectivity index (χ4n) is 5.50. The summed E-state index contributed by atoms with van der Waals surface area (Å²) in [5.41, 5.74) is 2.45. The molecule has 8 heteroatoms. The maximum Gasteiger partial charge on any atom is 0.231 e. The molecule has 186 valence electrons. The van der Waals surface area contributed by atoms with Crippen molar-refractivity contribution in [1.29, 1.82) is 0 Å². The second kappa shape index (κ2) is 9.85. The second-order valence-electron chi connectivity index (χ2n) is 9.77. The Balaban J connectivity index is 0.950. The molecule has 1 amide bonds. The van der Waals surface area contributed by atoms with Gasteiger partial charge in [0.15, 0.2) is 23.0 Å². The van der Waals surface area contributed by atoms with E-state index in [9.17, 15) is 4.79 Å². The number of fused-ring (bicyclic) bond motifs is 3. The first-order valence-electron chi connectivity index (χ1n) is 12.7. The van der Waals surface area contributed by atoms with Crippen molar-refractivity contribution in [3.63, 3.8) is 0 Å². The maximum atomic E-state index is 13.1. The van der Waals surface area contributed by atoms with Crippen molar-refractivity contribution in [3.05, 3.63) is 41.5 Å². The van der Waals surface area contributed by atoms with E-state index >= 15 is 0 Å². The number of amides is 1. The molecule has 4 heterocycles. The summed E-state index contributed by atoms with van der Waals surface area (Å²) >= 11 is 0. The summed E-state index contributed by atoms with van der Waals surface area (Å²) < 4.78 is 27.7. The zero-order valence-corrected chi connectivity index (χ0v) is 20.0. The van der Waals surface area contributed by atoms with E-state index in [2.05, 4.69) is 11.0 Å². The van der Waals surface area contributed by atoms with Gasteiger partial charge in [0.1, 0.15) is 5.75 Å². The lowest BCUT2D eigenvalue weighted by Crippen LogP contribution is -2.41. The molecule has 1 unspecified atom stereocenters. The van der Waals surface area contributed by atoms with Gasteiger partial charge in [0.25, 0.3) is 0 Å². The maximum absolute atomic E-state index is 13.1. The summed E-state index contributed by atoms with van der Waals surface area (Å²) in [6, 6.07) is 9.82. The minimum atomic E-state index is 0.270. The van der Waals surface area contributed by atoms with Gasteiger partial charge in [0.2, 0.25) is 19.5 Å². The highest BCUT2D eigenvalue weighted by Crippen LogP contribution is 2.37. The van der Waals surface area contributed by atoms with Crippen LogP contribution in [0, 0.1) is 5.92 Å². The van der Waals surface area contributed by atoms with E-state index in [1.165, 1.54) is 11.1 Å². The Kier molecular flexibility index (Phi) is 6.29. The third-order valence-electron chi connectivity index (χ3n) is 7.36. The Labute approximate surface area is 205 Å². The van der Waals surface area contributed by atoms with Crippen LogP contribution in [0.2, 0.25) is 0 Å². The highest BCUT2D eigenvalue weighted by Gasteiger charge is 2.28. The SMILES string of the molecule is O=C(CC1CCCN(CCCOc2ccc3c(c2)OCO3)C1)N1CCc2cc3c(cc2C1)OCO3. The number of rotatable bonds is 7. The Morgan fingerprint density at radius 2 is 1.71 bits per heavy atom. The monoisotopic (exact) mass is 480 g/mol. The van der Waals surface area contributed by atoms with Crippen LogP contribution in [-0.4, -0.2) is 62.1 Å². The molecule has 0 spiro atoms. The third kappa shape index (κ3) is 4.98. The van der Waals surface area contributed by atoms with Crippen molar-refractivity contribution in [3.8, 4) is 28.7 Å². The summed E-state index contributed by atoms with van der Waals surface area (Å²) in [7, 11) is 0. The number of likely N-dealkylation sites (tertiary alicyclic amines) is 1. The van der Waals surface area contributed by atoms with Crippen LogP contribution in [0.1, 0.15) is 36.8 Å². The summed E-state index contributed by atoms with van der Waals surface area (Å²) in [4.78, 5) is 17.6. The number of nitrogens with zero attached hydrogens (tertiary/aromatic N) is 2. The van der Waals surface area contributed by atoms with Gasteiger partial charge in [-0.15, -0.1) is 0 Å². The van der Waals surface area contributed by atoms with Crippen molar-refractivity contribution in [2.45, 2.75) is 38.6 Å². The van der Waals surface area contributed by atoms with E-state index in [0.29, 0.717) is 25.5 Å². The van der Waals surface area contributed by atoms with Crippen LogP contribution in [0.5, 0.6) is 28.7 Å². The first-order chi connectivity index (χ1) is 17.2. The summed E-state index contributed by atoms with van der Waals surface area (Å²) in [5.74, 6) is 4.64. The van der Waals surface area contributed by atoms with Crippen molar-refractivity contribution >= 4 is 5.91 Å². The molecule has 0 bridgehead atoms. The highest BCUT2D eigenvalue weighted by molar-refractivity contribution is 5.77. The normalized spacial score (nSPS) is 20.6. The van der Waals surface area contributed by atoms with Crippen molar-refractivity contribution < 1.29 is 28.5 Å². The smallest absolute Gasteiger partial charge is 0.231 e. The minimum Gasteiger partial charge on any atom is -0.493 e. The van der Waals surface area contributed by atoms with E-state index in [4.69, 9.17) is 23.7 Å². The first-order valence-corrected chi connectivity index (χ1v) is 12.7. The average molecular weight is 481 g/mol. The molecule has 1 atom stereocenters. The Morgan fingerprint density at radius 3 is 2.57 bits per heavy atom. The summed E-state index contributed by atoms with van der Waals surface area (Å²) in [6.07, 6.45) is 4.72. The fourth-order valence-corrected chi connectivity index (χ4v) is 5.50. The van der Waals surface area contributed by atoms with E-state index in [0.717, 1.165) is 80.6 Å². The van der Waals surface area contributed by atoms with Gasteiger partial charge in [-0.25, -0.2) is 0 Å². The van der Waals surface area contributed by atoms with Gasteiger partial charge in [-0.1, -0.05) is 0 Å². The molecule has 0 N–H and O–H groups in total. The van der Waals surface area contributed by atoms with Gasteiger partial charge in [0, 0.05) is 38.7 Å². The topological polar surface area (TPSA) is 69.7 Å². The van der Waals surface area contributed by atoms with Gasteiger partial charge < -0.3 is 33.5 Å². The van der Waals surface area contributed by atoms with Crippen molar-refractivity contribution in [2.75, 3.05) is 46.4 Å². The standard InChI is InChI=1S/C27H32N2O6/c30-27(29-9-6-20-12-24-25(34-18-33-24)13-21(20)16-29)11-19-3-1-7-28(15-19)8-2-10-31-22-4-5-23-26(14-22)35-17-32-23/h4-5,12-14,19H,1-3,6-11,15-18H2. The molecule has 35 heavy (non-hydrogen) atoms. The third-order valence-corrected chi connectivity index (χ3v) is 7.36. The number of ether oxygens (including phenoxy) is 5. The van der Waals surface area contributed by atoms with Crippen LogP contribution in [0.25, 0.3) is 0 Å². The molecule has 6 rings (SSSR count). The predicted octanol–water partition coefficient (Wildman–Crippen LogP) is 3.60. The van der Waals surface area contributed by atoms with Gasteiger partial charge in [-0.2, -0.15) is 0 Å². The second-order valence-corrected chi connectivity index (χ2v) is 9.77. The molecule has 0 saturated carbocycles. The Bertz CT molecular complexity index is 1090. The summed E-state index contributed by atoms with van der Waals surface area (Å²) in [6.45, 7) is 5.72. The molecule has 2 aromatic rings. The lowest BCUT2D eigenvalue weighted by atomic mass is 9.93. The van der Waals surface area contributed by atoms with Crippen LogP contribution < -0.4 is 23.7 Å². The van der Waals surface area contributed by atoms with Crippen LogP contribution in [0.3, 0.4) is 0 Å². The quantitative estimate of drug-likeness (QED) is 0.561. The zero-order chi connectivity index (χ0) is 23.6. The van der Waals surface area contributed by atoms with E-state index < -0.39 is 0 Å². The van der Waals surface area contributed by atoms with Gasteiger partial charge in [-0.3, -0.25) is 4.79 Å². The van der Waals surface area contributed by atoms with Crippen LogP contribution >= 0.6 is 0 Å². The van der Waals surface area contributed by atoms with E-state index in [1.54, 1.807) is 0 Å². The number of hydrogen-bond donors (Lipinski definition) is 0. The predicted molar refractivity (Wildman–Crippen MR) is 128 cm³/mol. The van der Waals surface area contributed by atoms with E-state index in [-0.39, 0.29) is 19.5 Å². The Morgan fingerprint density at radius 1 is 0.943 bits per heavy atom. The van der Waals surface area contributed by atoms with Crippen molar-refractivity contribution in [1.82, 2.24) is 9.80 Å².